The van der Waals surface area contributed by atoms with Gasteiger partial charge in [0.1, 0.15) is 0 Å². The van der Waals surface area contributed by atoms with E-state index in [1.165, 1.54) is 57.8 Å². The monoisotopic (exact) mass is 324 g/mol. The van der Waals surface area contributed by atoms with Crippen LogP contribution in [0.5, 0.6) is 0 Å². The number of carboxylic acids is 1. The summed E-state index contributed by atoms with van der Waals surface area (Å²) in [7, 11) is 0. The van der Waals surface area contributed by atoms with Crippen molar-refractivity contribution in [3.63, 3.8) is 0 Å². The standard InChI is InChI=1S/C20H36O3/c1-2-3-4-5-6-7-8-9-12-15-18-19(23-18)16-13-10-11-14-17-20(21)22/h6-7,18-19H,2-5,8-17H2,1H3,(H,21,22)/b7-6-/t18-,19+/m0/s1. The number of unbranched alkanes of at least 4 members (excludes halogenated alkanes) is 8. The molecule has 1 aliphatic heterocycles. The zero-order valence-electron chi connectivity index (χ0n) is 15.0. The van der Waals surface area contributed by atoms with E-state index in [0.717, 1.165) is 25.7 Å². The molecule has 0 amide bonds. The molecule has 0 aromatic heterocycles. The number of hydrogen-bond acceptors (Lipinski definition) is 2. The van der Waals surface area contributed by atoms with Crippen LogP contribution in [-0.4, -0.2) is 23.3 Å². The highest BCUT2D eigenvalue weighted by Gasteiger charge is 2.36. The van der Waals surface area contributed by atoms with Crippen molar-refractivity contribution in [3.05, 3.63) is 12.2 Å². The second-order valence-electron chi connectivity index (χ2n) is 6.81. The van der Waals surface area contributed by atoms with Crippen molar-refractivity contribution in [3.8, 4) is 0 Å². The van der Waals surface area contributed by atoms with Gasteiger partial charge in [-0.1, -0.05) is 57.6 Å². The highest BCUT2D eigenvalue weighted by Crippen LogP contribution is 2.31. The average Bonchev–Trinajstić information content (AvgIpc) is 3.27. The van der Waals surface area contributed by atoms with Gasteiger partial charge in [0.2, 0.25) is 0 Å². The fraction of sp³-hybridized carbons (Fsp3) is 0.850. The zero-order valence-corrected chi connectivity index (χ0v) is 15.0. The molecular weight excluding hydrogens is 288 g/mol. The van der Waals surface area contributed by atoms with Crippen LogP contribution in [0.1, 0.15) is 96.8 Å². The third-order valence-electron chi connectivity index (χ3n) is 4.57. The number of carboxylic acid groups (broad SMARTS) is 1. The molecule has 3 nitrogen and oxygen atoms in total. The molecule has 0 bridgehead atoms. The van der Waals surface area contributed by atoms with Crippen molar-refractivity contribution in [2.75, 3.05) is 0 Å². The van der Waals surface area contributed by atoms with Crippen molar-refractivity contribution in [1.29, 1.82) is 0 Å². The number of hydrogen-bond donors (Lipinski definition) is 1. The Morgan fingerprint density at radius 2 is 1.43 bits per heavy atom. The predicted octanol–water partition coefficient (Wildman–Crippen LogP) is 5.88. The van der Waals surface area contributed by atoms with Gasteiger partial charge in [0.05, 0.1) is 12.2 Å². The number of aliphatic carboxylic acids is 1. The highest BCUT2D eigenvalue weighted by atomic mass is 16.6. The molecule has 1 rings (SSSR count). The minimum atomic E-state index is -0.675. The van der Waals surface area contributed by atoms with E-state index in [9.17, 15) is 4.79 Å². The molecule has 1 saturated heterocycles. The van der Waals surface area contributed by atoms with Crippen LogP contribution in [0.3, 0.4) is 0 Å². The van der Waals surface area contributed by atoms with Crippen LogP contribution in [0.15, 0.2) is 12.2 Å². The Morgan fingerprint density at radius 3 is 2.04 bits per heavy atom. The van der Waals surface area contributed by atoms with E-state index in [0.29, 0.717) is 18.6 Å². The van der Waals surface area contributed by atoms with E-state index >= 15 is 0 Å². The Balaban J connectivity index is 1.80. The Morgan fingerprint density at radius 1 is 0.870 bits per heavy atom. The molecular formula is C20H36O3. The molecule has 0 radical (unpaired) electrons. The maximum Gasteiger partial charge on any atom is 0.303 e. The first-order valence-corrected chi connectivity index (χ1v) is 9.76. The van der Waals surface area contributed by atoms with Crippen molar-refractivity contribution < 1.29 is 14.6 Å². The smallest absolute Gasteiger partial charge is 0.303 e. The lowest BCUT2D eigenvalue weighted by Crippen LogP contribution is -1.96. The van der Waals surface area contributed by atoms with Crippen LogP contribution in [-0.2, 0) is 9.53 Å². The van der Waals surface area contributed by atoms with Crippen molar-refractivity contribution in [1.82, 2.24) is 0 Å². The van der Waals surface area contributed by atoms with E-state index in [1.807, 2.05) is 0 Å². The molecule has 1 heterocycles. The van der Waals surface area contributed by atoms with Crippen LogP contribution in [0.2, 0.25) is 0 Å². The summed E-state index contributed by atoms with van der Waals surface area (Å²) in [4.78, 5) is 10.4. The summed E-state index contributed by atoms with van der Waals surface area (Å²) in [5.41, 5.74) is 0. The van der Waals surface area contributed by atoms with E-state index in [1.54, 1.807) is 0 Å². The number of epoxide rings is 1. The summed E-state index contributed by atoms with van der Waals surface area (Å²) in [5.74, 6) is -0.675. The SMILES string of the molecule is CCCCC/C=C\CCCC[C@@H]1O[C@@H]1CCCCCCC(=O)O. The van der Waals surface area contributed by atoms with Crippen molar-refractivity contribution in [2.45, 2.75) is 109 Å². The van der Waals surface area contributed by atoms with Crippen LogP contribution in [0, 0.1) is 0 Å². The number of carbonyl (C=O) groups is 1. The van der Waals surface area contributed by atoms with Gasteiger partial charge in [0, 0.05) is 6.42 Å². The number of allylic oxidation sites excluding steroid dienone is 2. The van der Waals surface area contributed by atoms with Crippen LogP contribution in [0.25, 0.3) is 0 Å². The van der Waals surface area contributed by atoms with Gasteiger partial charge in [-0.05, 0) is 44.9 Å². The second kappa shape index (κ2) is 13.6. The summed E-state index contributed by atoms with van der Waals surface area (Å²) in [5, 5.41) is 8.56. The minimum absolute atomic E-state index is 0.315. The third-order valence-corrected chi connectivity index (χ3v) is 4.57. The zero-order chi connectivity index (χ0) is 16.8. The van der Waals surface area contributed by atoms with Crippen molar-refractivity contribution >= 4 is 5.97 Å². The Hall–Kier alpha value is -0.830. The van der Waals surface area contributed by atoms with Crippen LogP contribution >= 0.6 is 0 Å². The molecule has 0 aliphatic carbocycles. The largest absolute Gasteiger partial charge is 0.481 e. The molecule has 134 valence electrons. The molecule has 3 heteroatoms. The van der Waals surface area contributed by atoms with Gasteiger partial charge in [-0.3, -0.25) is 4.79 Å². The van der Waals surface area contributed by atoms with Gasteiger partial charge in [-0.25, -0.2) is 0 Å². The number of ether oxygens (including phenoxy) is 1. The molecule has 1 aliphatic rings. The first kappa shape index (κ1) is 20.2. The Bertz CT molecular complexity index is 325. The van der Waals surface area contributed by atoms with Gasteiger partial charge in [0.15, 0.2) is 0 Å². The summed E-state index contributed by atoms with van der Waals surface area (Å²) in [6, 6.07) is 0. The highest BCUT2D eigenvalue weighted by molar-refractivity contribution is 5.66. The Labute approximate surface area is 142 Å². The van der Waals surface area contributed by atoms with Gasteiger partial charge in [-0.15, -0.1) is 0 Å². The summed E-state index contributed by atoms with van der Waals surface area (Å²) in [6.45, 7) is 2.25. The molecule has 1 N–H and O–H groups in total. The van der Waals surface area contributed by atoms with Crippen LogP contribution < -0.4 is 0 Å². The normalized spacial score (nSPS) is 20.2. The molecule has 0 spiro atoms. The lowest BCUT2D eigenvalue weighted by molar-refractivity contribution is -0.137. The lowest BCUT2D eigenvalue weighted by Gasteiger charge is -1.98. The fourth-order valence-corrected chi connectivity index (χ4v) is 3.02. The minimum Gasteiger partial charge on any atom is -0.481 e. The quantitative estimate of drug-likeness (QED) is 0.219. The van der Waals surface area contributed by atoms with E-state index in [-0.39, 0.29) is 0 Å². The molecule has 1 fully saturated rings. The number of rotatable bonds is 16. The average molecular weight is 325 g/mol. The van der Waals surface area contributed by atoms with Gasteiger partial charge in [0.25, 0.3) is 0 Å². The first-order valence-electron chi connectivity index (χ1n) is 9.76. The maximum absolute atomic E-state index is 10.4. The molecule has 23 heavy (non-hydrogen) atoms. The second-order valence-corrected chi connectivity index (χ2v) is 6.81. The predicted molar refractivity (Wildman–Crippen MR) is 95.7 cm³/mol. The molecule has 0 saturated carbocycles. The molecule has 0 aromatic carbocycles. The lowest BCUT2D eigenvalue weighted by atomic mass is 10.0. The van der Waals surface area contributed by atoms with E-state index in [2.05, 4.69) is 19.1 Å². The fourth-order valence-electron chi connectivity index (χ4n) is 3.02. The first-order chi connectivity index (χ1) is 11.2. The van der Waals surface area contributed by atoms with Gasteiger partial charge in [-0.2, -0.15) is 0 Å². The van der Waals surface area contributed by atoms with Gasteiger partial charge < -0.3 is 9.84 Å². The van der Waals surface area contributed by atoms with Crippen LogP contribution in [0.4, 0.5) is 0 Å². The van der Waals surface area contributed by atoms with Crippen molar-refractivity contribution in [2.24, 2.45) is 0 Å². The molecule has 0 aromatic rings. The molecule has 2 atom stereocenters. The third kappa shape index (κ3) is 12.3. The maximum atomic E-state index is 10.4. The summed E-state index contributed by atoms with van der Waals surface area (Å²) < 4.78 is 5.72. The van der Waals surface area contributed by atoms with E-state index in [4.69, 9.17) is 9.84 Å². The molecule has 0 unspecified atom stereocenters. The van der Waals surface area contributed by atoms with Gasteiger partial charge >= 0.3 is 5.97 Å². The topological polar surface area (TPSA) is 49.8 Å². The summed E-state index contributed by atoms with van der Waals surface area (Å²) in [6.07, 6.45) is 21.6. The Kier molecular flexibility index (Phi) is 11.9. The van der Waals surface area contributed by atoms with E-state index < -0.39 is 5.97 Å². The summed E-state index contributed by atoms with van der Waals surface area (Å²) >= 11 is 0.